The molecule has 5 aromatic rings. The Labute approximate surface area is 162 Å². The van der Waals surface area contributed by atoms with Crippen LogP contribution in [0.3, 0.4) is 0 Å². The number of carboxylic acids is 1. The van der Waals surface area contributed by atoms with Gasteiger partial charge in [0.25, 0.3) is 5.91 Å². The van der Waals surface area contributed by atoms with E-state index in [1.807, 2.05) is 36.4 Å². The summed E-state index contributed by atoms with van der Waals surface area (Å²) in [4.78, 5) is 43.9. The third-order valence-electron chi connectivity index (χ3n) is 4.43. The lowest BCUT2D eigenvalue weighted by Gasteiger charge is -2.02. The molecule has 140 valence electrons. The van der Waals surface area contributed by atoms with E-state index in [1.165, 1.54) is 6.20 Å². The van der Waals surface area contributed by atoms with Crippen molar-refractivity contribution < 1.29 is 14.7 Å². The van der Waals surface area contributed by atoms with Gasteiger partial charge in [-0.25, -0.2) is 24.9 Å². The van der Waals surface area contributed by atoms with Gasteiger partial charge in [0.15, 0.2) is 11.5 Å². The van der Waals surface area contributed by atoms with Crippen LogP contribution >= 0.6 is 0 Å². The highest BCUT2D eigenvalue weighted by molar-refractivity contribution is 6.11. The molecule has 2 aromatic carbocycles. The lowest BCUT2D eigenvalue weighted by Crippen LogP contribution is -2.16. The second-order valence-corrected chi connectivity index (χ2v) is 6.36. The van der Waals surface area contributed by atoms with Crippen molar-refractivity contribution in [2.24, 2.45) is 0 Å². The smallest absolute Gasteiger partial charge is 0.285 e. The van der Waals surface area contributed by atoms with E-state index in [0.717, 1.165) is 29.0 Å². The Morgan fingerprint density at radius 1 is 0.862 bits per heavy atom. The van der Waals surface area contributed by atoms with E-state index in [9.17, 15) is 4.79 Å². The molecule has 6 rings (SSSR count). The van der Waals surface area contributed by atoms with Crippen molar-refractivity contribution in [2.75, 3.05) is 0 Å². The number of aliphatic carboxylic acids is 1. The molecule has 0 saturated carbocycles. The van der Waals surface area contributed by atoms with Crippen LogP contribution in [-0.4, -0.2) is 41.4 Å². The Morgan fingerprint density at radius 2 is 1.45 bits per heavy atom. The third-order valence-corrected chi connectivity index (χ3v) is 4.43. The number of carboxylic acid groups (broad SMARTS) is 1. The summed E-state index contributed by atoms with van der Waals surface area (Å²) in [5, 5.41) is 8.89. The van der Waals surface area contributed by atoms with Gasteiger partial charge in [-0.1, -0.05) is 12.1 Å². The molecule has 0 fully saturated rings. The molecule has 9 heteroatoms. The number of benzene rings is 2. The molecule has 3 aromatic heterocycles. The topological polar surface area (TPSA) is 127 Å². The fourth-order valence-electron chi connectivity index (χ4n) is 3.32. The van der Waals surface area contributed by atoms with Crippen molar-refractivity contribution in [3.05, 3.63) is 54.5 Å². The van der Waals surface area contributed by atoms with Crippen LogP contribution in [0.25, 0.3) is 44.6 Å². The van der Waals surface area contributed by atoms with Crippen LogP contribution in [0.15, 0.2) is 48.8 Å². The van der Waals surface area contributed by atoms with Crippen LogP contribution in [0.1, 0.15) is 17.4 Å². The van der Waals surface area contributed by atoms with Gasteiger partial charge in [-0.05, 0) is 31.2 Å². The maximum absolute atomic E-state index is 12.7. The predicted octanol–water partition coefficient (Wildman–Crippen LogP) is 1.35. The Bertz CT molecular complexity index is 1470. The highest BCUT2D eigenvalue weighted by Crippen LogP contribution is 2.33. The van der Waals surface area contributed by atoms with E-state index < -0.39 is 5.97 Å². The summed E-state index contributed by atoms with van der Waals surface area (Å²) in [6.45, 7) is 0.972. The number of hydrogen-bond donors (Lipinski definition) is 0. The summed E-state index contributed by atoms with van der Waals surface area (Å²) in [5.74, 6) is -0.781. The molecule has 0 amide bonds. The van der Waals surface area contributed by atoms with Crippen LogP contribution < -0.4 is 5.11 Å². The lowest BCUT2D eigenvalue weighted by molar-refractivity contribution is -0.302. The van der Waals surface area contributed by atoms with Crippen molar-refractivity contribution in [1.29, 1.82) is 0 Å². The number of carbonyl (C=O) groups is 2. The number of para-hydroxylation sites is 2. The molecular formula is C20H11N6O3-. The summed E-state index contributed by atoms with van der Waals surface area (Å²) in [7, 11) is 0. The lowest BCUT2D eigenvalue weighted by atomic mass is 10.2. The highest BCUT2D eigenvalue weighted by Gasteiger charge is 2.32. The van der Waals surface area contributed by atoms with E-state index in [0.29, 0.717) is 28.2 Å². The minimum atomic E-state index is -1.08. The summed E-state index contributed by atoms with van der Waals surface area (Å²) < 4.78 is 1.55. The standard InChI is InChI=1S/C18H8N6O.C2H4O2/c25-18-16-15(19-5-6-20-16)17-23-13-7-11-12(8-14(13)24(17)18)22-10-4-2-1-3-9(10)21-11;1-2(3)4/h1-8H;1H3,(H,3,4)/p-1. The third kappa shape index (κ3) is 2.59. The molecule has 0 atom stereocenters. The molecule has 0 bridgehead atoms. The van der Waals surface area contributed by atoms with Crippen molar-refractivity contribution in [2.45, 2.75) is 6.92 Å². The second kappa shape index (κ2) is 6.13. The largest absolute Gasteiger partial charge is 0.550 e. The number of rotatable bonds is 0. The van der Waals surface area contributed by atoms with Crippen LogP contribution in [0.5, 0.6) is 0 Å². The molecule has 0 spiro atoms. The van der Waals surface area contributed by atoms with Crippen molar-refractivity contribution in [3.63, 3.8) is 0 Å². The number of imidazole rings is 1. The number of hydrogen-bond acceptors (Lipinski definition) is 8. The second-order valence-electron chi connectivity index (χ2n) is 6.36. The normalized spacial score (nSPS) is 12.0. The summed E-state index contributed by atoms with van der Waals surface area (Å²) in [6.07, 6.45) is 3.08. The minimum Gasteiger partial charge on any atom is -0.550 e. The highest BCUT2D eigenvalue weighted by atomic mass is 16.4. The quantitative estimate of drug-likeness (QED) is 0.360. The molecule has 1 aliphatic heterocycles. The first kappa shape index (κ1) is 16.9. The number of aromatic nitrogens is 6. The average Bonchev–Trinajstić information content (AvgIpc) is 3.20. The first-order valence-electron chi connectivity index (χ1n) is 8.65. The van der Waals surface area contributed by atoms with E-state index in [4.69, 9.17) is 9.90 Å². The van der Waals surface area contributed by atoms with Gasteiger partial charge in [-0.15, -0.1) is 0 Å². The van der Waals surface area contributed by atoms with Crippen LogP contribution in [0.2, 0.25) is 0 Å². The van der Waals surface area contributed by atoms with Gasteiger partial charge < -0.3 is 9.90 Å². The average molecular weight is 383 g/mol. The SMILES string of the molecule is CC(=O)[O-].O=C1c2nccnc2-c2nc3cc4nc5ccccc5nc4cc3n21. The van der Waals surface area contributed by atoms with Crippen LogP contribution in [0, 0.1) is 0 Å². The van der Waals surface area contributed by atoms with Crippen molar-refractivity contribution >= 4 is 45.0 Å². The molecular weight excluding hydrogens is 372 g/mol. The maximum atomic E-state index is 12.7. The monoisotopic (exact) mass is 383 g/mol. The zero-order valence-electron chi connectivity index (χ0n) is 15.0. The molecule has 0 N–H and O–H groups in total. The molecule has 1 aliphatic rings. The molecule has 0 radical (unpaired) electrons. The van der Waals surface area contributed by atoms with E-state index in [2.05, 4.69) is 24.9 Å². The minimum absolute atomic E-state index is 0.214. The zero-order chi connectivity index (χ0) is 20.1. The summed E-state index contributed by atoms with van der Waals surface area (Å²) in [6, 6.07) is 11.4. The first-order chi connectivity index (χ1) is 14.0. The number of carbonyl (C=O) groups excluding carboxylic acids is 2. The molecule has 0 unspecified atom stereocenters. The van der Waals surface area contributed by atoms with Crippen LogP contribution in [0.4, 0.5) is 0 Å². The fourth-order valence-corrected chi connectivity index (χ4v) is 3.32. The van der Waals surface area contributed by atoms with E-state index >= 15 is 0 Å². The molecule has 0 saturated heterocycles. The number of fused-ring (bicyclic) bond motifs is 7. The van der Waals surface area contributed by atoms with Crippen LogP contribution in [-0.2, 0) is 4.79 Å². The Morgan fingerprint density at radius 3 is 2.10 bits per heavy atom. The molecule has 4 heterocycles. The first-order valence-corrected chi connectivity index (χ1v) is 8.65. The summed E-state index contributed by atoms with van der Waals surface area (Å²) in [5.41, 5.74) is 5.33. The fraction of sp³-hybridized carbons (Fsp3) is 0.0500. The number of nitrogens with zero attached hydrogens (tertiary/aromatic N) is 6. The van der Waals surface area contributed by atoms with Gasteiger partial charge in [0.05, 0.1) is 33.1 Å². The van der Waals surface area contributed by atoms with E-state index in [1.54, 1.807) is 10.8 Å². The van der Waals surface area contributed by atoms with Gasteiger partial charge >= 0.3 is 0 Å². The van der Waals surface area contributed by atoms with Gasteiger partial charge in [-0.2, -0.15) is 0 Å². The predicted molar refractivity (Wildman–Crippen MR) is 102 cm³/mol. The van der Waals surface area contributed by atoms with Gasteiger partial charge in [0.1, 0.15) is 5.69 Å². The molecule has 29 heavy (non-hydrogen) atoms. The molecule has 9 nitrogen and oxygen atoms in total. The Hall–Kier alpha value is -4.27. The molecule has 0 aliphatic carbocycles. The Kier molecular flexibility index (Phi) is 3.56. The van der Waals surface area contributed by atoms with Gasteiger partial charge in [0.2, 0.25) is 0 Å². The summed E-state index contributed by atoms with van der Waals surface area (Å²) >= 11 is 0. The van der Waals surface area contributed by atoms with Crippen molar-refractivity contribution in [3.8, 4) is 11.5 Å². The van der Waals surface area contributed by atoms with Crippen molar-refractivity contribution in [1.82, 2.24) is 29.5 Å². The zero-order valence-corrected chi connectivity index (χ0v) is 15.0. The Balaban J connectivity index is 0.000000419. The van der Waals surface area contributed by atoms with Gasteiger partial charge in [0, 0.05) is 18.4 Å². The maximum Gasteiger partial charge on any atom is 0.285 e. The van der Waals surface area contributed by atoms with Gasteiger partial charge in [-0.3, -0.25) is 9.36 Å². The van der Waals surface area contributed by atoms with E-state index in [-0.39, 0.29) is 5.91 Å².